The molecule has 12 heavy (non-hydrogen) atoms. The summed E-state index contributed by atoms with van der Waals surface area (Å²) in [4.78, 5) is 10.5. The number of thioether (sulfide) groups is 1. The van der Waals surface area contributed by atoms with Gasteiger partial charge in [-0.3, -0.25) is 0 Å². The van der Waals surface area contributed by atoms with Gasteiger partial charge < -0.3 is 4.79 Å². The predicted octanol–water partition coefficient (Wildman–Crippen LogP) is 2.40. The van der Waals surface area contributed by atoms with Crippen LogP contribution < -0.4 is 0 Å². The van der Waals surface area contributed by atoms with E-state index < -0.39 is 17.3 Å². The fourth-order valence-electron chi connectivity index (χ4n) is 1.33. The Labute approximate surface area is 72.7 Å². The first kappa shape index (κ1) is 9.89. The molecule has 1 atom stereocenters. The molecule has 1 nitrogen and oxygen atoms in total. The molecule has 0 aromatic rings. The first-order chi connectivity index (χ1) is 5.47. The highest BCUT2D eigenvalue weighted by molar-refractivity contribution is 8.01. The lowest BCUT2D eigenvalue weighted by atomic mass is 10.0. The van der Waals surface area contributed by atoms with Crippen molar-refractivity contribution in [2.75, 3.05) is 5.75 Å². The van der Waals surface area contributed by atoms with Crippen LogP contribution in [0.5, 0.6) is 0 Å². The van der Waals surface area contributed by atoms with Gasteiger partial charge in [0, 0.05) is 0 Å². The number of aldehydes is 1. The molecule has 0 bridgehead atoms. The third-order valence-electron chi connectivity index (χ3n) is 1.85. The van der Waals surface area contributed by atoms with E-state index in [9.17, 15) is 18.0 Å². The van der Waals surface area contributed by atoms with Gasteiger partial charge in [0.25, 0.3) is 0 Å². The molecule has 0 saturated carbocycles. The van der Waals surface area contributed by atoms with Crippen LogP contribution in [-0.4, -0.2) is 23.0 Å². The molecule has 0 spiro atoms. The Hall–Kier alpha value is -0.190. The summed E-state index contributed by atoms with van der Waals surface area (Å²) >= 11 is 1.13. The highest BCUT2D eigenvalue weighted by Gasteiger charge is 2.44. The molecule has 0 aromatic heterocycles. The first-order valence-electron chi connectivity index (χ1n) is 3.64. The second-order valence-corrected chi connectivity index (χ2v) is 4.44. The van der Waals surface area contributed by atoms with E-state index in [1.165, 1.54) is 0 Å². The van der Waals surface area contributed by atoms with Gasteiger partial charge >= 0.3 is 6.18 Å². The number of alkyl halides is 3. The maximum Gasteiger partial charge on any atom is 0.390 e. The second-order valence-electron chi connectivity index (χ2n) is 2.93. The highest BCUT2D eigenvalue weighted by atomic mass is 32.2. The first-order valence-corrected chi connectivity index (χ1v) is 4.63. The van der Waals surface area contributed by atoms with E-state index in [0.717, 1.165) is 11.8 Å². The van der Waals surface area contributed by atoms with E-state index in [4.69, 9.17) is 0 Å². The molecule has 1 heterocycles. The molecule has 5 heteroatoms. The van der Waals surface area contributed by atoms with Crippen molar-refractivity contribution in [3.8, 4) is 0 Å². The van der Waals surface area contributed by atoms with Crippen LogP contribution >= 0.6 is 11.8 Å². The van der Waals surface area contributed by atoms with Crippen molar-refractivity contribution in [1.29, 1.82) is 0 Å². The van der Waals surface area contributed by atoms with Crippen molar-refractivity contribution in [2.24, 2.45) is 0 Å². The van der Waals surface area contributed by atoms with Crippen molar-refractivity contribution in [3.05, 3.63) is 0 Å². The quantitative estimate of drug-likeness (QED) is 0.634. The standard InChI is InChI=1S/C7H9F3OS/c8-7(9,10)4-6(5-11)2-1-3-12-6/h5H,1-4H2. The average Bonchev–Trinajstić information content (AvgIpc) is 2.34. The smallest absolute Gasteiger partial charge is 0.302 e. The molecule has 1 aliphatic heterocycles. The van der Waals surface area contributed by atoms with E-state index in [-0.39, 0.29) is 0 Å². The molecule has 1 fully saturated rings. The Morgan fingerprint density at radius 3 is 2.50 bits per heavy atom. The molecule has 0 N–H and O–H groups in total. The number of hydrogen-bond donors (Lipinski definition) is 0. The molecule has 0 radical (unpaired) electrons. The molecule has 1 unspecified atom stereocenters. The van der Waals surface area contributed by atoms with Crippen molar-refractivity contribution in [3.63, 3.8) is 0 Å². The molecule has 1 aliphatic rings. The van der Waals surface area contributed by atoms with Crippen LogP contribution in [0.2, 0.25) is 0 Å². The second kappa shape index (κ2) is 3.28. The summed E-state index contributed by atoms with van der Waals surface area (Å²) in [6, 6.07) is 0. The van der Waals surface area contributed by atoms with E-state index in [2.05, 4.69) is 0 Å². The van der Waals surface area contributed by atoms with Gasteiger partial charge in [-0.25, -0.2) is 0 Å². The van der Waals surface area contributed by atoms with Gasteiger partial charge in [0.1, 0.15) is 6.29 Å². The summed E-state index contributed by atoms with van der Waals surface area (Å²) in [6.07, 6.45) is -3.68. The number of hydrogen-bond acceptors (Lipinski definition) is 2. The zero-order valence-electron chi connectivity index (χ0n) is 6.36. The zero-order chi connectivity index (χ0) is 9.24. The highest BCUT2D eigenvalue weighted by Crippen LogP contribution is 2.43. The van der Waals surface area contributed by atoms with Gasteiger partial charge in [0.15, 0.2) is 0 Å². The third-order valence-corrected chi connectivity index (χ3v) is 3.36. The van der Waals surface area contributed by atoms with Crippen LogP contribution in [-0.2, 0) is 4.79 Å². The molecular formula is C7H9F3OS. The molecule has 1 rings (SSSR count). The lowest BCUT2D eigenvalue weighted by Crippen LogP contribution is -2.30. The summed E-state index contributed by atoms with van der Waals surface area (Å²) in [7, 11) is 0. The molecule has 70 valence electrons. The van der Waals surface area contributed by atoms with Crippen LogP contribution in [0.1, 0.15) is 19.3 Å². The maximum absolute atomic E-state index is 12.0. The summed E-state index contributed by atoms with van der Waals surface area (Å²) < 4.78 is 34.7. The fraction of sp³-hybridized carbons (Fsp3) is 0.857. The van der Waals surface area contributed by atoms with Crippen molar-refractivity contribution >= 4 is 18.0 Å². The topological polar surface area (TPSA) is 17.1 Å². The van der Waals surface area contributed by atoms with Crippen LogP contribution in [0.3, 0.4) is 0 Å². The number of halogens is 3. The Morgan fingerprint density at radius 1 is 1.50 bits per heavy atom. The number of carbonyl (C=O) groups is 1. The van der Waals surface area contributed by atoms with E-state index in [1.807, 2.05) is 0 Å². The SMILES string of the molecule is O=CC1(CC(F)(F)F)CCCS1. The molecule has 0 aromatic carbocycles. The van der Waals surface area contributed by atoms with Crippen LogP contribution in [0, 0.1) is 0 Å². The van der Waals surface area contributed by atoms with Gasteiger partial charge in [-0.15, -0.1) is 11.8 Å². The Kier molecular flexibility index (Phi) is 2.70. The lowest BCUT2D eigenvalue weighted by Gasteiger charge is -2.21. The molecular weight excluding hydrogens is 189 g/mol. The van der Waals surface area contributed by atoms with Crippen LogP contribution in [0.25, 0.3) is 0 Å². The summed E-state index contributed by atoms with van der Waals surface area (Å²) in [6.45, 7) is 0. The number of carbonyl (C=O) groups excluding carboxylic acids is 1. The van der Waals surface area contributed by atoms with Gasteiger partial charge in [0.2, 0.25) is 0 Å². The normalized spacial score (nSPS) is 30.6. The van der Waals surface area contributed by atoms with Crippen molar-refractivity contribution in [2.45, 2.75) is 30.2 Å². The molecule has 1 saturated heterocycles. The van der Waals surface area contributed by atoms with E-state index >= 15 is 0 Å². The third kappa shape index (κ3) is 2.40. The minimum absolute atomic E-state index is 0.362. The lowest BCUT2D eigenvalue weighted by molar-refractivity contribution is -0.145. The molecule has 0 amide bonds. The molecule has 0 aliphatic carbocycles. The Morgan fingerprint density at radius 2 is 2.17 bits per heavy atom. The summed E-state index contributed by atoms with van der Waals surface area (Å²) in [5, 5.41) is 0. The minimum Gasteiger partial charge on any atom is -0.302 e. The van der Waals surface area contributed by atoms with E-state index in [1.54, 1.807) is 0 Å². The van der Waals surface area contributed by atoms with E-state index in [0.29, 0.717) is 24.9 Å². The number of rotatable bonds is 2. The van der Waals surface area contributed by atoms with Crippen LogP contribution in [0.4, 0.5) is 13.2 Å². The minimum atomic E-state index is -4.22. The van der Waals surface area contributed by atoms with Crippen LogP contribution in [0.15, 0.2) is 0 Å². The predicted molar refractivity (Wildman–Crippen MR) is 41.2 cm³/mol. The van der Waals surface area contributed by atoms with Gasteiger partial charge in [-0.1, -0.05) is 0 Å². The zero-order valence-corrected chi connectivity index (χ0v) is 7.17. The van der Waals surface area contributed by atoms with Gasteiger partial charge in [0.05, 0.1) is 11.2 Å². The maximum atomic E-state index is 12.0. The van der Waals surface area contributed by atoms with Gasteiger partial charge in [-0.2, -0.15) is 13.2 Å². The largest absolute Gasteiger partial charge is 0.390 e. The summed E-state index contributed by atoms with van der Waals surface area (Å²) in [5.41, 5.74) is 0. The Balaban J connectivity index is 2.62. The Bertz CT molecular complexity index is 172. The average molecular weight is 198 g/mol. The van der Waals surface area contributed by atoms with Gasteiger partial charge in [-0.05, 0) is 18.6 Å². The van der Waals surface area contributed by atoms with Crippen molar-refractivity contribution < 1.29 is 18.0 Å². The monoisotopic (exact) mass is 198 g/mol. The summed E-state index contributed by atoms with van der Waals surface area (Å²) in [5.74, 6) is 0.662. The fourth-order valence-corrected chi connectivity index (χ4v) is 2.65. The van der Waals surface area contributed by atoms with Crippen molar-refractivity contribution in [1.82, 2.24) is 0 Å².